The molecule has 8 heteroatoms. The normalized spacial score (nSPS) is 11.1. The van der Waals surface area contributed by atoms with Gasteiger partial charge in [0.1, 0.15) is 5.58 Å². The maximum atomic E-state index is 12.5. The molecule has 0 aliphatic rings. The number of furan rings is 1. The molecule has 0 bridgehead atoms. The van der Waals surface area contributed by atoms with Crippen molar-refractivity contribution in [1.29, 1.82) is 0 Å². The topological polar surface area (TPSA) is 83.0 Å². The van der Waals surface area contributed by atoms with Gasteiger partial charge in [0.2, 0.25) is 5.76 Å². The molecule has 0 radical (unpaired) electrons. The Labute approximate surface area is 149 Å². The summed E-state index contributed by atoms with van der Waals surface area (Å²) in [6.45, 7) is 2.82. The van der Waals surface area contributed by atoms with E-state index >= 15 is 0 Å². The van der Waals surface area contributed by atoms with E-state index < -0.39 is 5.97 Å². The van der Waals surface area contributed by atoms with Gasteiger partial charge in [-0.3, -0.25) is 0 Å². The van der Waals surface area contributed by atoms with E-state index in [1.807, 2.05) is 30.5 Å². The summed E-state index contributed by atoms with van der Waals surface area (Å²) < 4.78 is 12.8. The molecule has 3 aromatic rings. The van der Waals surface area contributed by atoms with Crippen LogP contribution in [0.4, 0.5) is 0 Å². The first-order chi connectivity index (χ1) is 12.2. The van der Waals surface area contributed by atoms with E-state index in [0.717, 1.165) is 23.8 Å². The number of para-hydroxylation sites is 1. The van der Waals surface area contributed by atoms with E-state index in [9.17, 15) is 4.79 Å². The number of rotatable bonds is 8. The van der Waals surface area contributed by atoms with E-state index in [-0.39, 0.29) is 12.4 Å². The largest absolute Gasteiger partial charge is 0.452 e. The van der Waals surface area contributed by atoms with Crippen molar-refractivity contribution in [3.05, 3.63) is 41.4 Å². The number of hydrogen-bond donors (Lipinski definition) is 0. The maximum Gasteiger partial charge on any atom is 0.375 e. The third-order valence-corrected chi connectivity index (χ3v) is 4.41. The van der Waals surface area contributed by atoms with Gasteiger partial charge in [-0.1, -0.05) is 31.5 Å². The van der Waals surface area contributed by atoms with E-state index in [1.165, 1.54) is 0 Å². The van der Waals surface area contributed by atoms with Crippen LogP contribution >= 0.6 is 11.8 Å². The summed E-state index contributed by atoms with van der Waals surface area (Å²) in [6.07, 6.45) is 3.99. The van der Waals surface area contributed by atoms with Crippen LogP contribution in [-0.2, 0) is 23.6 Å². The number of benzene rings is 1. The van der Waals surface area contributed by atoms with Crippen molar-refractivity contribution in [3.63, 3.8) is 0 Å². The minimum Gasteiger partial charge on any atom is -0.452 e. The van der Waals surface area contributed by atoms with E-state index in [2.05, 4.69) is 22.4 Å². The van der Waals surface area contributed by atoms with Gasteiger partial charge in [0.25, 0.3) is 0 Å². The summed E-state index contributed by atoms with van der Waals surface area (Å²) >= 11 is 1.63. The highest BCUT2D eigenvalue weighted by atomic mass is 32.2. The van der Waals surface area contributed by atoms with Gasteiger partial charge in [-0.15, -0.1) is 5.10 Å². The predicted molar refractivity (Wildman–Crippen MR) is 95.3 cm³/mol. The molecule has 0 unspecified atom stereocenters. The second-order valence-corrected chi connectivity index (χ2v) is 6.45. The quantitative estimate of drug-likeness (QED) is 0.569. The van der Waals surface area contributed by atoms with Gasteiger partial charge in [-0.05, 0) is 29.2 Å². The second kappa shape index (κ2) is 8.15. The Bertz CT molecular complexity index is 859. The minimum atomic E-state index is -0.495. The fourth-order valence-corrected chi connectivity index (χ4v) is 3.13. The molecule has 0 fully saturated rings. The molecule has 1 aromatic carbocycles. The first-order valence-corrected chi connectivity index (χ1v) is 9.55. The first kappa shape index (κ1) is 17.5. The Morgan fingerprint density at radius 3 is 3.00 bits per heavy atom. The number of aryl methyl sites for hydroxylation is 1. The fraction of sp³-hybridized carbons (Fsp3) is 0.412. The predicted octanol–water partition coefficient (Wildman–Crippen LogP) is 3.44. The number of unbranched alkanes of at least 4 members (excludes halogenated alkanes) is 1. The monoisotopic (exact) mass is 360 g/mol. The average Bonchev–Trinajstić information content (AvgIpc) is 3.23. The van der Waals surface area contributed by atoms with Gasteiger partial charge in [0, 0.05) is 23.2 Å². The van der Waals surface area contributed by atoms with Gasteiger partial charge in [-0.2, -0.15) is 11.8 Å². The molecule has 0 aliphatic carbocycles. The molecule has 0 N–H and O–H groups in total. The number of carbonyl (C=O) groups excluding carboxylic acids is 1. The summed E-state index contributed by atoms with van der Waals surface area (Å²) in [5.41, 5.74) is 1.55. The molecule has 25 heavy (non-hydrogen) atoms. The zero-order chi connectivity index (χ0) is 17.6. The van der Waals surface area contributed by atoms with Crippen molar-refractivity contribution in [2.75, 3.05) is 6.26 Å². The molecule has 2 aromatic heterocycles. The molecular formula is C17H20N4O3S. The molecule has 7 nitrogen and oxygen atoms in total. The van der Waals surface area contributed by atoms with Gasteiger partial charge in [0.05, 0.1) is 0 Å². The standard InChI is InChI=1S/C17H20N4O3S/c1-3-4-9-21-15(18-19-20-21)10-23-17(22)16-13(11-25-2)12-7-5-6-8-14(12)24-16/h5-8H,3-4,9-11H2,1-2H3. The summed E-state index contributed by atoms with van der Waals surface area (Å²) in [4.78, 5) is 12.5. The fourth-order valence-electron chi connectivity index (χ4n) is 2.56. The van der Waals surface area contributed by atoms with Crippen molar-refractivity contribution >= 4 is 28.7 Å². The lowest BCUT2D eigenvalue weighted by Crippen LogP contribution is -2.11. The number of hydrogen-bond acceptors (Lipinski definition) is 7. The van der Waals surface area contributed by atoms with Crippen LogP contribution in [0.3, 0.4) is 0 Å². The molecule has 132 valence electrons. The van der Waals surface area contributed by atoms with Crippen LogP contribution in [0.2, 0.25) is 0 Å². The Balaban J connectivity index is 1.76. The average molecular weight is 360 g/mol. The van der Waals surface area contributed by atoms with Crippen molar-refractivity contribution in [3.8, 4) is 0 Å². The molecule has 0 spiro atoms. The SMILES string of the molecule is CCCCn1nnnc1COC(=O)c1oc2ccccc2c1CSC. The Hall–Kier alpha value is -2.35. The summed E-state index contributed by atoms with van der Waals surface area (Å²) in [5.74, 6) is 0.966. The molecule has 0 atom stereocenters. The number of aromatic nitrogens is 4. The van der Waals surface area contributed by atoms with Gasteiger partial charge in [0.15, 0.2) is 12.4 Å². The van der Waals surface area contributed by atoms with Crippen LogP contribution in [-0.4, -0.2) is 32.4 Å². The van der Waals surface area contributed by atoms with Crippen LogP contribution < -0.4 is 0 Å². The second-order valence-electron chi connectivity index (χ2n) is 5.59. The molecule has 0 saturated carbocycles. The molecular weight excluding hydrogens is 340 g/mol. The molecule has 0 amide bonds. The highest BCUT2D eigenvalue weighted by Gasteiger charge is 2.22. The van der Waals surface area contributed by atoms with Crippen LogP contribution in [0.15, 0.2) is 28.7 Å². The number of ether oxygens (including phenoxy) is 1. The van der Waals surface area contributed by atoms with E-state index in [0.29, 0.717) is 23.7 Å². The molecule has 0 aliphatic heterocycles. The number of tetrazole rings is 1. The van der Waals surface area contributed by atoms with Crippen molar-refractivity contribution in [1.82, 2.24) is 20.2 Å². The highest BCUT2D eigenvalue weighted by molar-refractivity contribution is 7.97. The van der Waals surface area contributed by atoms with E-state index in [1.54, 1.807) is 16.4 Å². The number of nitrogens with zero attached hydrogens (tertiary/aromatic N) is 4. The van der Waals surface area contributed by atoms with Crippen molar-refractivity contribution < 1.29 is 13.9 Å². The Kier molecular flexibility index (Phi) is 5.70. The summed E-state index contributed by atoms with van der Waals surface area (Å²) in [5, 5.41) is 12.4. The minimum absolute atomic E-state index is 0.0191. The van der Waals surface area contributed by atoms with Gasteiger partial charge in [-0.25, -0.2) is 9.48 Å². The molecule has 0 saturated heterocycles. The maximum absolute atomic E-state index is 12.5. The first-order valence-electron chi connectivity index (χ1n) is 8.16. The van der Waals surface area contributed by atoms with Crippen LogP contribution in [0, 0.1) is 0 Å². The van der Waals surface area contributed by atoms with Crippen molar-refractivity contribution in [2.24, 2.45) is 0 Å². The zero-order valence-electron chi connectivity index (χ0n) is 14.3. The number of esters is 1. The number of thioether (sulfide) groups is 1. The lowest BCUT2D eigenvalue weighted by molar-refractivity contribution is 0.0421. The van der Waals surface area contributed by atoms with Crippen molar-refractivity contribution in [2.45, 2.75) is 38.7 Å². The van der Waals surface area contributed by atoms with Gasteiger partial charge < -0.3 is 9.15 Å². The lowest BCUT2D eigenvalue weighted by Gasteiger charge is -2.05. The number of fused-ring (bicyclic) bond motifs is 1. The van der Waals surface area contributed by atoms with Crippen LogP contribution in [0.5, 0.6) is 0 Å². The highest BCUT2D eigenvalue weighted by Crippen LogP contribution is 2.29. The third-order valence-electron chi connectivity index (χ3n) is 3.83. The summed E-state index contributed by atoms with van der Waals surface area (Å²) in [7, 11) is 0. The Morgan fingerprint density at radius 1 is 1.36 bits per heavy atom. The van der Waals surface area contributed by atoms with Crippen LogP contribution in [0.25, 0.3) is 11.0 Å². The van der Waals surface area contributed by atoms with Crippen LogP contribution in [0.1, 0.15) is 41.7 Å². The third kappa shape index (κ3) is 3.84. The molecule has 2 heterocycles. The van der Waals surface area contributed by atoms with Gasteiger partial charge >= 0.3 is 5.97 Å². The summed E-state index contributed by atoms with van der Waals surface area (Å²) in [6, 6.07) is 7.61. The lowest BCUT2D eigenvalue weighted by atomic mass is 10.1. The smallest absolute Gasteiger partial charge is 0.375 e. The van der Waals surface area contributed by atoms with E-state index in [4.69, 9.17) is 9.15 Å². The molecule has 3 rings (SSSR count). The Morgan fingerprint density at radius 2 is 2.20 bits per heavy atom. The zero-order valence-corrected chi connectivity index (χ0v) is 15.1. The number of carbonyl (C=O) groups is 1.